The van der Waals surface area contributed by atoms with E-state index in [1.165, 1.54) is 0 Å². The lowest BCUT2D eigenvalue weighted by atomic mass is 10.1. The molecule has 2 heterocycles. The Balaban J connectivity index is 0.00000144. The molecule has 1 aliphatic heterocycles. The quantitative estimate of drug-likeness (QED) is 0.805. The number of aryl methyl sites for hydroxylation is 1. The van der Waals surface area contributed by atoms with Crippen molar-refractivity contribution in [1.82, 2.24) is 20.0 Å². The number of nitrogens with zero attached hydrogens (tertiary/aromatic N) is 3. The van der Waals surface area contributed by atoms with Crippen molar-refractivity contribution in [3.63, 3.8) is 0 Å². The second kappa shape index (κ2) is 5.51. The molecule has 0 saturated carbocycles. The first-order valence-corrected chi connectivity index (χ1v) is 5.62. The van der Waals surface area contributed by atoms with Crippen molar-refractivity contribution < 1.29 is 4.79 Å². The number of amides is 1. The van der Waals surface area contributed by atoms with E-state index < -0.39 is 0 Å². The summed E-state index contributed by atoms with van der Waals surface area (Å²) in [5.41, 5.74) is 0.654. The highest BCUT2D eigenvalue weighted by Gasteiger charge is 2.28. The summed E-state index contributed by atoms with van der Waals surface area (Å²) in [7, 11) is 1.80. The standard InChI is InChI=1S/C11H18N4O.ClH/c1-8-7-15(9(2)6-12-8)11(16)10-4-5-13-14(10)3;/h4-5,8-9,12H,6-7H2,1-3H3;1H. The lowest BCUT2D eigenvalue weighted by molar-refractivity contribution is 0.0605. The number of aromatic nitrogens is 2. The normalized spacial score (nSPS) is 24.3. The predicted octanol–water partition coefficient (Wildman–Crippen LogP) is 0.664. The summed E-state index contributed by atoms with van der Waals surface area (Å²) < 4.78 is 1.63. The molecule has 0 bridgehead atoms. The molecule has 96 valence electrons. The van der Waals surface area contributed by atoms with Crippen molar-refractivity contribution in [2.75, 3.05) is 13.1 Å². The minimum atomic E-state index is 0. The first-order valence-electron chi connectivity index (χ1n) is 5.62. The molecule has 6 heteroatoms. The van der Waals surface area contributed by atoms with Gasteiger partial charge in [-0.2, -0.15) is 5.10 Å². The van der Waals surface area contributed by atoms with E-state index in [4.69, 9.17) is 0 Å². The molecule has 1 amide bonds. The third kappa shape index (κ3) is 2.79. The van der Waals surface area contributed by atoms with Crippen LogP contribution >= 0.6 is 12.4 Å². The number of nitrogens with one attached hydrogen (secondary N) is 1. The van der Waals surface area contributed by atoms with E-state index >= 15 is 0 Å². The maximum atomic E-state index is 12.3. The van der Waals surface area contributed by atoms with Crippen molar-refractivity contribution in [3.8, 4) is 0 Å². The van der Waals surface area contributed by atoms with E-state index in [0.717, 1.165) is 13.1 Å². The van der Waals surface area contributed by atoms with Gasteiger partial charge < -0.3 is 10.2 Å². The molecule has 0 aromatic carbocycles. The summed E-state index contributed by atoms with van der Waals surface area (Å²) in [6, 6.07) is 2.36. The van der Waals surface area contributed by atoms with Crippen molar-refractivity contribution in [3.05, 3.63) is 18.0 Å². The minimum Gasteiger partial charge on any atom is -0.332 e. The maximum Gasteiger partial charge on any atom is 0.272 e. The van der Waals surface area contributed by atoms with Crippen molar-refractivity contribution in [1.29, 1.82) is 0 Å². The van der Waals surface area contributed by atoms with Crippen LogP contribution in [-0.4, -0.2) is 45.8 Å². The fourth-order valence-electron chi connectivity index (χ4n) is 2.04. The summed E-state index contributed by atoms with van der Waals surface area (Å²) in [6.07, 6.45) is 1.66. The number of rotatable bonds is 1. The van der Waals surface area contributed by atoms with Crippen LogP contribution in [0, 0.1) is 0 Å². The number of hydrogen-bond acceptors (Lipinski definition) is 3. The molecule has 2 atom stereocenters. The zero-order valence-corrected chi connectivity index (χ0v) is 11.2. The third-order valence-corrected chi connectivity index (χ3v) is 3.07. The monoisotopic (exact) mass is 258 g/mol. The van der Waals surface area contributed by atoms with Gasteiger partial charge in [0.05, 0.1) is 0 Å². The highest BCUT2D eigenvalue weighted by atomic mass is 35.5. The topological polar surface area (TPSA) is 50.2 Å². The molecule has 0 aliphatic carbocycles. The molecule has 1 aliphatic rings. The van der Waals surface area contributed by atoms with Crippen molar-refractivity contribution in [2.24, 2.45) is 7.05 Å². The lowest BCUT2D eigenvalue weighted by Crippen LogP contribution is -2.56. The van der Waals surface area contributed by atoms with Crippen LogP contribution in [0.1, 0.15) is 24.3 Å². The van der Waals surface area contributed by atoms with Gasteiger partial charge in [0.25, 0.3) is 5.91 Å². The Morgan fingerprint density at radius 3 is 2.82 bits per heavy atom. The Kier molecular flexibility index (Phi) is 4.54. The second-order valence-electron chi connectivity index (χ2n) is 4.46. The molecule has 2 rings (SSSR count). The molecular formula is C11H19ClN4O. The first kappa shape index (κ1) is 14.0. The van der Waals surface area contributed by atoms with Gasteiger partial charge in [0.15, 0.2) is 0 Å². The van der Waals surface area contributed by atoms with Gasteiger partial charge in [-0.15, -0.1) is 12.4 Å². The Morgan fingerprint density at radius 1 is 1.53 bits per heavy atom. The molecule has 1 N–H and O–H groups in total. The SMILES string of the molecule is CC1CN(C(=O)c2ccnn2C)C(C)CN1.Cl. The fraction of sp³-hybridized carbons (Fsp3) is 0.636. The molecule has 17 heavy (non-hydrogen) atoms. The molecule has 2 unspecified atom stereocenters. The minimum absolute atomic E-state index is 0. The van der Waals surface area contributed by atoms with Crippen LogP contribution in [0.5, 0.6) is 0 Å². The van der Waals surface area contributed by atoms with Crippen LogP contribution in [0.4, 0.5) is 0 Å². The van der Waals surface area contributed by atoms with E-state index in [0.29, 0.717) is 11.7 Å². The van der Waals surface area contributed by atoms with Crippen LogP contribution in [0.25, 0.3) is 0 Å². The second-order valence-corrected chi connectivity index (χ2v) is 4.46. The van der Waals surface area contributed by atoms with Gasteiger partial charge in [-0.25, -0.2) is 0 Å². The smallest absolute Gasteiger partial charge is 0.272 e. The van der Waals surface area contributed by atoms with Gasteiger partial charge in [-0.05, 0) is 19.9 Å². The van der Waals surface area contributed by atoms with Gasteiger partial charge in [0.2, 0.25) is 0 Å². The third-order valence-electron chi connectivity index (χ3n) is 3.07. The molecule has 1 fully saturated rings. The fourth-order valence-corrected chi connectivity index (χ4v) is 2.04. The number of piperazine rings is 1. The zero-order chi connectivity index (χ0) is 11.7. The van der Waals surface area contributed by atoms with Gasteiger partial charge in [-0.3, -0.25) is 9.48 Å². The van der Waals surface area contributed by atoms with E-state index in [2.05, 4.69) is 24.3 Å². The van der Waals surface area contributed by atoms with E-state index in [1.807, 2.05) is 4.90 Å². The number of hydrogen-bond donors (Lipinski definition) is 1. The van der Waals surface area contributed by atoms with Gasteiger partial charge >= 0.3 is 0 Å². The predicted molar refractivity (Wildman–Crippen MR) is 68.4 cm³/mol. The first-order chi connectivity index (χ1) is 7.59. The maximum absolute atomic E-state index is 12.3. The zero-order valence-electron chi connectivity index (χ0n) is 10.4. The van der Waals surface area contributed by atoms with Crippen LogP contribution in [0.15, 0.2) is 12.3 Å². The van der Waals surface area contributed by atoms with E-state index in [1.54, 1.807) is 24.0 Å². The summed E-state index contributed by atoms with van der Waals surface area (Å²) in [6.45, 7) is 5.76. The lowest BCUT2D eigenvalue weighted by Gasteiger charge is -2.37. The number of carbonyl (C=O) groups excluding carboxylic acids is 1. The summed E-state index contributed by atoms with van der Waals surface area (Å²) in [4.78, 5) is 14.2. The number of carbonyl (C=O) groups is 1. The van der Waals surface area contributed by atoms with Crippen LogP contribution in [0.3, 0.4) is 0 Å². The average molecular weight is 259 g/mol. The Labute approximate surface area is 108 Å². The summed E-state index contributed by atoms with van der Waals surface area (Å²) in [5, 5.41) is 7.39. The molecule has 0 radical (unpaired) electrons. The highest BCUT2D eigenvalue weighted by molar-refractivity contribution is 5.92. The van der Waals surface area contributed by atoms with Gasteiger partial charge in [0.1, 0.15) is 5.69 Å². The molecule has 1 saturated heterocycles. The van der Waals surface area contributed by atoms with Gasteiger partial charge in [0, 0.05) is 38.4 Å². The van der Waals surface area contributed by atoms with Crippen LogP contribution in [0.2, 0.25) is 0 Å². The van der Waals surface area contributed by atoms with Gasteiger partial charge in [-0.1, -0.05) is 0 Å². The van der Waals surface area contributed by atoms with Crippen molar-refractivity contribution >= 4 is 18.3 Å². The van der Waals surface area contributed by atoms with Crippen LogP contribution < -0.4 is 5.32 Å². The average Bonchev–Trinajstić information content (AvgIpc) is 2.67. The van der Waals surface area contributed by atoms with E-state index in [9.17, 15) is 4.79 Å². The Morgan fingerprint density at radius 2 is 2.24 bits per heavy atom. The molecule has 5 nitrogen and oxygen atoms in total. The molecule has 0 spiro atoms. The Bertz CT molecular complexity index is 393. The largest absolute Gasteiger partial charge is 0.332 e. The van der Waals surface area contributed by atoms with Crippen LogP contribution in [-0.2, 0) is 7.05 Å². The molecule has 1 aromatic heterocycles. The Hall–Kier alpha value is -1.07. The van der Waals surface area contributed by atoms with E-state index in [-0.39, 0.29) is 24.4 Å². The van der Waals surface area contributed by atoms with Crippen molar-refractivity contribution in [2.45, 2.75) is 25.9 Å². The highest BCUT2D eigenvalue weighted by Crippen LogP contribution is 2.11. The molecular weight excluding hydrogens is 240 g/mol. The summed E-state index contributed by atoms with van der Waals surface area (Å²) >= 11 is 0. The summed E-state index contributed by atoms with van der Waals surface area (Å²) in [5.74, 6) is 0.0702. The molecule has 1 aromatic rings. The number of halogens is 1.